The number of piperidine rings is 1. The molecule has 0 unspecified atom stereocenters. The van der Waals surface area contributed by atoms with E-state index >= 15 is 0 Å². The molecule has 3 atom stereocenters. The smallest absolute Gasteiger partial charge is 0.324 e. The van der Waals surface area contributed by atoms with Crippen molar-refractivity contribution in [2.75, 3.05) is 24.5 Å². The zero-order valence-corrected chi connectivity index (χ0v) is 16.9. The number of rotatable bonds is 7. The number of nitrogens with zero attached hydrogens (tertiary/aromatic N) is 5. The van der Waals surface area contributed by atoms with Gasteiger partial charge in [-0.15, -0.1) is 0 Å². The Morgan fingerprint density at radius 1 is 1.27 bits per heavy atom. The number of fused-ring (bicyclic) bond motifs is 1. The first-order valence-electron chi connectivity index (χ1n) is 10.7. The molecule has 3 aromatic rings. The van der Waals surface area contributed by atoms with Crippen molar-refractivity contribution in [3.8, 4) is 11.4 Å². The highest BCUT2D eigenvalue weighted by atomic mass is 16.5. The van der Waals surface area contributed by atoms with Crippen LogP contribution in [0.15, 0.2) is 53.6 Å². The predicted octanol–water partition coefficient (Wildman–Crippen LogP) is 2.60. The Hall–Kier alpha value is -3.16. The van der Waals surface area contributed by atoms with Gasteiger partial charge in [0.25, 0.3) is 0 Å². The van der Waals surface area contributed by atoms with E-state index in [4.69, 9.17) is 4.52 Å². The van der Waals surface area contributed by atoms with Gasteiger partial charge in [-0.1, -0.05) is 35.5 Å². The lowest BCUT2D eigenvalue weighted by molar-refractivity contribution is -0.134. The van der Waals surface area contributed by atoms with E-state index in [1.54, 1.807) is 12.5 Å². The van der Waals surface area contributed by atoms with Gasteiger partial charge in [0.2, 0.25) is 11.7 Å². The van der Waals surface area contributed by atoms with Gasteiger partial charge in [0.05, 0.1) is 6.33 Å². The number of carbonyl (C=O) groups excluding carboxylic acids is 1. The number of amides is 1. The minimum absolute atomic E-state index is 0.0857. The fourth-order valence-electron chi connectivity index (χ4n) is 4.63. The Morgan fingerprint density at radius 3 is 3.00 bits per heavy atom. The summed E-state index contributed by atoms with van der Waals surface area (Å²) in [6.45, 7) is 3.26. The van der Waals surface area contributed by atoms with Crippen LogP contribution < -0.4 is 10.2 Å². The largest absolute Gasteiger partial charge is 0.356 e. The monoisotopic (exact) mass is 406 g/mol. The van der Waals surface area contributed by atoms with Gasteiger partial charge in [-0.25, -0.2) is 4.98 Å². The maximum atomic E-state index is 12.7. The minimum atomic E-state index is 0.0857. The molecule has 5 rings (SSSR count). The van der Waals surface area contributed by atoms with E-state index < -0.39 is 0 Å². The van der Waals surface area contributed by atoms with Gasteiger partial charge >= 0.3 is 6.01 Å². The molecule has 3 heterocycles. The quantitative estimate of drug-likeness (QED) is 0.607. The van der Waals surface area contributed by atoms with Crippen LogP contribution in [0.25, 0.3) is 11.4 Å². The lowest BCUT2D eigenvalue weighted by Crippen LogP contribution is -2.55. The maximum Gasteiger partial charge on any atom is 0.324 e. The molecular weight excluding hydrogens is 380 g/mol. The molecule has 8 heteroatoms. The number of aromatic nitrogens is 4. The zero-order valence-electron chi connectivity index (χ0n) is 16.9. The highest BCUT2D eigenvalue weighted by molar-refractivity contribution is 5.80. The summed E-state index contributed by atoms with van der Waals surface area (Å²) < 4.78 is 7.56. The second kappa shape index (κ2) is 8.30. The van der Waals surface area contributed by atoms with Gasteiger partial charge in [0.1, 0.15) is 0 Å². The molecule has 1 aliphatic heterocycles. The van der Waals surface area contributed by atoms with Crippen molar-refractivity contribution in [3.63, 3.8) is 0 Å². The summed E-state index contributed by atoms with van der Waals surface area (Å²) in [5.41, 5.74) is 0.943. The van der Waals surface area contributed by atoms with Crippen molar-refractivity contribution in [1.82, 2.24) is 25.0 Å². The van der Waals surface area contributed by atoms with E-state index in [2.05, 4.69) is 25.3 Å². The molecule has 1 aromatic carbocycles. The fourth-order valence-corrected chi connectivity index (χ4v) is 4.63. The van der Waals surface area contributed by atoms with Crippen LogP contribution in [0.4, 0.5) is 6.01 Å². The van der Waals surface area contributed by atoms with E-state index in [-0.39, 0.29) is 11.8 Å². The molecule has 2 fully saturated rings. The van der Waals surface area contributed by atoms with Crippen molar-refractivity contribution >= 4 is 11.9 Å². The molecule has 2 aliphatic rings. The van der Waals surface area contributed by atoms with Crippen LogP contribution in [-0.4, -0.2) is 45.2 Å². The molecule has 1 saturated heterocycles. The standard InChI is InChI=1S/C22H26N6O2/c29-21(24-8-4-10-27-12-9-23-15-27)18-13-17-7-11-28(14-19(17)18)22-25-20(26-30-22)16-5-2-1-3-6-16/h1-3,5-6,9,12,15,17-19H,4,7-8,10-11,13-14H2,(H,24,29)/t17-,18-,19-/m1/s1. The average Bonchev–Trinajstić information content (AvgIpc) is 3.45. The third kappa shape index (κ3) is 3.81. The summed E-state index contributed by atoms with van der Waals surface area (Å²) in [5, 5.41) is 7.25. The van der Waals surface area contributed by atoms with Crippen molar-refractivity contribution < 1.29 is 9.32 Å². The lowest BCUT2D eigenvalue weighted by Gasteiger charge is -2.49. The summed E-state index contributed by atoms with van der Waals surface area (Å²) in [5.74, 6) is 1.86. The van der Waals surface area contributed by atoms with Crippen LogP contribution in [0.2, 0.25) is 0 Å². The maximum absolute atomic E-state index is 12.7. The topological polar surface area (TPSA) is 89.1 Å². The molecule has 1 saturated carbocycles. The van der Waals surface area contributed by atoms with Crippen LogP contribution in [0.5, 0.6) is 0 Å². The normalized spacial score (nSPS) is 22.9. The fraction of sp³-hybridized carbons (Fsp3) is 0.455. The summed E-state index contributed by atoms with van der Waals surface area (Å²) in [7, 11) is 0. The van der Waals surface area contributed by atoms with Crippen LogP contribution in [-0.2, 0) is 11.3 Å². The minimum Gasteiger partial charge on any atom is -0.356 e. The summed E-state index contributed by atoms with van der Waals surface area (Å²) in [6.07, 6.45) is 8.47. The first-order valence-corrected chi connectivity index (χ1v) is 10.7. The Bertz CT molecular complexity index is 971. The van der Waals surface area contributed by atoms with Gasteiger partial charge < -0.3 is 19.3 Å². The molecule has 1 aliphatic carbocycles. The highest BCUT2D eigenvalue weighted by Crippen LogP contribution is 2.46. The van der Waals surface area contributed by atoms with Crippen LogP contribution in [0.1, 0.15) is 19.3 Å². The molecule has 1 N–H and O–H groups in total. The number of carbonyl (C=O) groups is 1. The van der Waals surface area contributed by atoms with E-state index in [9.17, 15) is 4.79 Å². The van der Waals surface area contributed by atoms with Gasteiger partial charge in [-0.3, -0.25) is 4.79 Å². The summed E-state index contributed by atoms with van der Waals surface area (Å²) in [4.78, 5) is 23.4. The molecule has 8 nitrogen and oxygen atoms in total. The SMILES string of the molecule is O=C(NCCCn1ccnc1)[C@@H]1C[C@H]2CCN(c3nc(-c4ccccc4)no3)C[C@H]21. The van der Waals surface area contributed by atoms with E-state index in [0.29, 0.717) is 30.2 Å². The van der Waals surface area contributed by atoms with E-state index in [0.717, 1.165) is 44.5 Å². The van der Waals surface area contributed by atoms with Crippen LogP contribution in [0, 0.1) is 17.8 Å². The van der Waals surface area contributed by atoms with Crippen LogP contribution in [0.3, 0.4) is 0 Å². The predicted molar refractivity (Wildman–Crippen MR) is 112 cm³/mol. The number of imidazole rings is 1. The first-order chi connectivity index (χ1) is 14.8. The van der Waals surface area contributed by atoms with Crippen LogP contribution >= 0.6 is 0 Å². The molecule has 0 spiro atoms. The second-order valence-electron chi connectivity index (χ2n) is 8.21. The van der Waals surface area contributed by atoms with Crippen molar-refractivity contribution in [2.24, 2.45) is 17.8 Å². The van der Waals surface area contributed by atoms with Gasteiger partial charge in [0.15, 0.2) is 0 Å². The summed E-state index contributed by atoms with van der Waals surface area (Å²) in [6, 6.07) is 10.4. The second-order valence-corrected chi connectivity index (χ2v) is 8.21. The zero-order chi connectivity index (χ0) is 20.3. The Balaban J connectivity index is 1.14. The lowest BCUT2D eigenvalue weighted by atomic mass is 9.61. The average molecular weight is 406 g/mol. The molecule has 2 aromatic heterocycles. The molecule has 0 bridgehead atoms. The van der Waals surface area contributed by atoms with Gasteiger partial charge in [0, 0.05) is 50.1 Å². The molecule has 1 amide bonds. The van der Waals surface area contributed by atoms with Crippen molar-refractivity contribution in [2.45, 2.75) is 25.8 Å². The number of anilines is 1. The Kier molecular flexibility index (Phi) is 5.21. The molecule has 156 valence electrons. The Morgan fingerprint density at radius 2 is 2.17 bits per heavy atom. The Labute approximate surface area is 175 Å². The molecule has 30 heavy (non-hydrogen) atoms. The molecular formula is C22H26N6O2. The molecule has 0 radical (unpaired) electrons. The van der Waals surface area contributed by atoms with E-state index in [1.807, 2.05) is 41.1 Å². The van der Waals surface area contributed by atoms with E-state index in [1.165, 1.54) is 0 Å². The van der Waals surface area contributed by atoms with Gasteiger partial charge in [-0.05, 0) is 31.1 Å². The number of hydrogen-bond acceptors (Lipinski definition) is 6. The number of nitrogens with one attached hydrogen (secondary N) is 1. The third-order valence-corrected chi connectivity index (χ3v) is 6.39. The van der Waals surface area contributed by atoms with Crippen molar-refractivity contribution in [3.05, 3.63) is 49.1 Å². The van der Waals surface area contributed by atoms with Gasteiger partial charge in [-0.2, -0.15) is 4.98 Å². The number of aryl methyl sites for hydroxylation is 1. The first kappa shape index (κ1) is 18.8. The number of hydrogen-bond donors (Lipinski definition) is 1. The number of benzene rings is 1. The van der Waals surface area contributed by atoms with Crippen molar-refractivity contribution in [1.29, 1.82) is 0 Å². The summed E-state index contributed by atoms with van der Waals surface area (Å²) >= 11 is 0. The highest BCUT2D eigenvalue weighted by Gasteiger charge is 2.48. The third-order valence-electron chi connectivity index (χ3n) is 6.39.